The molecule has 4 atom stereocenters. The molecule has 3 aromatic rings. The zero-order valence-electron chi connectivity index (χ0n) is 16.8. The highest BCUT2D eigenvalue weighted by atomic mass is 15.3. The Bertz CT molecular complexity index is 1020. The smallest absolute Gasteiger partial charge is 0.223 e. The van der Waals surface area contributed by atoms with Gasteiger partial charge in [0.1, 0.15) is 0 Å². The number of hydrogen-bond donors (Lipinski definition) is 2. The second-order valence-corrected chi connectivity index (χ2v) is 8.80. The van der Waals surface area contributed by atoms with Crippen LogP contribution in [0.5, 0.6) is 0 Å². The molecule has 0 aliphatic heterocycles. The minimum atomic E-state index is 0.386. The van der Waals surface area contributed by atoms with E-state index in [1.54, 1.807) is 0 Å². The zero-order valence-corrected chi connectivity index (χ0v) is 16.8. The molecule has 5 rings (SSSR count). The van der Waals surface area contributed by atoms with Crippen molar-refractivity contribution >= 4 is 16.9 Å². The summed E-state index contributed by atoms with van der Waals surface area (Å²) < 4.78 is 1.99. The van der Waals surface area contributed by atoms with E-state index in [9.17, 15) is 0 Å². The van der Waals surface area contributed by atoms with Crippen LogP contribution in [0.2, 0.25) is 0 Å². The maximum Gasteiger partial charge on any atom is 0.223 e. The van der Waals surface area contributed by atoms with Gasteiger partial charge in [-0.1, -0.05) is 19.9 Å². The second-order valence-electron chi connectivity index (χ2n) is 8.80. The molecule has 0 spiro atoms. The Morgan fingerprint density at radius 3 is 2.71 bits per heavy atom. The molecule has 2 bridgehead atoms. The van der Waals surface area contributed by atoms with Crippen molar-refractivity contribution in [2.75, 3.05) is 5.32 Å². The molecule has 3 N–H and O–H groups in total. The van der Waals surface area contributed by atoms with Crippen LogP contribution in [-0.4, -0.2) is 31.8 Å². The molecule has 146 valence electrons. The molecule has 2 fully saturated rings. The molecule has 6 heteroatoms. The number of fused-ring (bicyclic) bond motifs is 3. The van der Waals surface area contributed by atoms with Crippen molar-refractivity contribution in [3.05, 3.63) is 36.2 Å². The number of rotatable bonds is 4. The lowest BCUT2D eigenvalue weighted by molar-refractivity contribution is 0.389. The molecule has 1 aromatic carbocycles. The molecular formula is C22H28N6. The highest BCUT2D eigenvalue weighted by Crippen LogP contribution is 2.44. The van der Waals surface area contributed by atoms with E-state index >= 15 is 0 Å². The van der Waals surface area contributed by atoms with Gasteiger partial charge >= 0.3 is 0 Å². The second kappa shape index (κ2) is 6.55. The topological polar surface area (TPSA) is 81.7 Å². The molecule has 0 amide bonds. The summed E-state index contributed by atoms with van der Waals surface area (Å²) in [5, 5.41) is 9.42. The van der Waals surface area contributed by atoms with E-state index in [1.807, 2.05) is 24.0 Å². The summed E-state index contributed by atoms with van der Waals surface area (Å²) in [6.07, 6.45) is 5.35. The lowest BCUT2D eigenvalue weighted by atomic mass is 9.92. The predicted octanol–water partition coefficient (Wildman–Crippen LogP) is 3.69. The zero-order chi connectivity index (χ0) is 19.4. The molecule has 6 nitrogen and oxygen atoms in total. The van der Waals surface area contributed by atoms with Crippen molar-refractivity contribution in [2.45, 2.75) is 51.1 Å². The van der Waals surface area contributed by atoms with Gasteiger partial charge in [0, 0.05) is 42.0 Å². The van der Waals surface area contributed by atoms with Gasteiger partial charge in [0.25, 0.3) is 0 Å². The molecular weight excluding hydrogens is 348 g/mol. The number of nitrogens with zero attached hydrogens (tertiary/aromatic N) is 4. The van der Waals surface area contributed by atoms with Crippen LogP contribution >= 0.6 is 0 Å². The number of anilines is 1. The molecule has 2 saturated carbocycles. The first-order valence-corrected chi connectivity index (χ1v) is 10.3. The fourth-order valence-corrected chi connectivity index (χ4v) is 5.31. The third kappa shape index (κ3) is 2.87. The summed E-state index contributed by atoms with van der Waals surface area (Å²) in [6.45, 7) is 4.41. The summed E-state index contributed by atoms with van der Waals surface area (Å²) in [4.78, 5) is 9.29. The fraction of sp³-hybridized carbons (Fsp3) is 0.500. The average Bonchev–Trinajstić information content (AvgIpc) is 3.32. The molecule has 2 aliphatic rings. The van der Waals surface area contributed by atoms with Crippen LogP contribution in [0.1, 0.15) is 44.7 Å². The Hall–Kier alpha value is -2.47. The van der Waals surface area contributed by atoms with Gasteiger partial charge in [-0.3, -0.25) is 4.68 Å². The number of nitrogens with one attached hydrogen (secondary N) is 1. The Morgan fingerprint density at radius 1 is 1.14 bits per heavy atom. The van der Waals surface area contributed by atoms with Crippen molar-refractivity contribution in [3.8, 4) is 11.3 Å². The van der Waals surface area contributed by atoms with Crippen LogP contribution in [0.25, 0.3) is 22.2 Å². The lowest BCUT2D eigenvalue weighted by Gasteiger charge is -2.26. The summed E-state index contributed by atoms with van der Waals surface area (Å²) in [7, 11) is 2.02. The minimum absolute atomic E-state index is 0.386. The first kappa shape index (κ1) is 17.6. The van der Waals surface area contributed by atoms with E-state index in [1.165, 1.54) is 17.5 Å². The van der Waals surface area contributed by atoms with Crippen LogP contribution in [0.15, 0.2) is 30.5 Å². The fourth-order valence-electron chi connectivity index (χ4n) is 5.31. The molecule has 0 saturated heterocycles. The van der Waals surface area contributed by atoms with Crippen LogP contribution in [0, 0.1) is 11.8 Å². The quantitative estimate of drug-likeness (QED) is 0.726. The molecule has 28 heavy (non-hydrogen) atoms. The number of aromatic nitrogens is 4. The van der Waals surface area contributed by atoms with Crippen LogP contribution in [0.4, 0.5) is 5.95 Å². The van der Waals surface area contributed by atoms with Crippen molar-refractivity contribution < 1.29 is 0 Å². The maximum atomic E-state index is 6.19. The predicted molar refractivity (Wildman–Crippen MR) is 112 cm³/mol. The van der Waals surface area contributed by atoms with Crippen LogP contribution < -0.4 is 11.1 Å². The first-order valence-electron chi connectivity index (χ1n) is 10.3. The van der Waals surface area contributed by atoms with Gasteiger partial charge in [0.2, 0.25) is 5.95 Å². The van der Waals surface area contributed by atoms with Gasteiger partial charge in [0.05, 0.1) is 11.2 Å². The van der Waals surface area contributed by atoms with E-state index in [-0.39, 0.29) is 0 Å². The normalized spacial score (nSPS) is 26.5. The van der Waals surface area contributed by atoms with Gasteiger partial charge in [-0.15, -0.1) is 0 Å². The summed E-state index contributed by atoms with van der Waals surface area (Å²) in [5.74, 6) is 2.46. The van der Waals surface area contributed by atoms with Crippen molar-refractivity contribution in [1.82, 2.24) is 19.7 Å². The Labute approximate surface area is 165 Å². The van der Waals surface area contributed by atoms with E-state index in [2.05, 4.69) is 47.4 Å². The standard InChI is InChI=1S/C22H28N6/c1-12(2)21-16-9-13(4-5-19(16)27-28(21)3)18-6-7-24-22(25-18)26-20-11-14-8-15(20)10-17(14)23/h4-7,9,12,14-15,17,20H,8,10-11,23H2,1-3H3,(H,24,25,26)/t14-,15-,17-,20+/m1/s1. The Kier molecular flexibility index (Phi) is 4.12. The highest BCUT2D eigenvalue weighted by Gasteiger charge is 2.44. The van der Waals surface area contributed by atoms with Crippen LogP contribution in [-0.2, 0) is 7.05 Å². The lowest BCUT2D eigenvalue weighted by Crippen LogP contribution is -2.35. The van der Waals surface area contributed by atoms with Crippen molar-refractivity contribution in [1.29, 1.82) is 0 Å². The van der Waals surface area contributed by atoms with Crippen molar-refractivity contribution in [2.24, 2.45) is 24.6 Å². The van der Waals surface area contributed by atoms with E-state index in [0.29, 0.717) is 29.8 Å². The first-order chi connectivity index (χ1) is 13.5. The monoisotopic (exact) mass is 376 g/mol. The SMILES string of the molecule is CC(C)c1c2cc(-c3ccnc(N[C@H]4C[C@H]5C[C@@H]4C[C@H]5N)n3)ccc2nn1C. The third-order valence-corrected chi connectivity index (χ3v) is 6.60. The Balaban J connectivity index is 1.44. The van der Waals surface area contributed by atoms with E-state index in [4.69, 9.17) is 10.7 Å². The molecule has 0 radical (unpaired) electrons. The van der Waals surface area contributed by atoms with Gasteiger partial charge in [0.15, 0.2) is 0 Å². The van der Waals surface area contributed by atoms with Gasteiger partial charge in [-0.05, 0) is 55.2 Å². The molecule has 2 aromatic heterocycles. The minimum Gasteiger partial charge on any atom is -0.351 e. The van der Waals surface area contributed by atoms with Crippen molar-refractivity contribution in [3.63, 3.8) is 0 Å². The number of benzene rings is 1. The largest absolute Gasteiger partial charge is 0.351 e. The summed E-state index contributed by atoms with van der Waals surface area (Å²) in [5.41, 5.74) is 10.5. The number of nitrogens with two attached hydrogens (primary N) is 1. The maximum absolute atomic E-state index is 6.19. The third-order valence-electron chi connectivity index (χ3n) is 6.60. The Morgan fingerprint density at radius 2 is 2.00 bits per heavy atom. The number of hydrogen-bond acceptors (Lipinski definition) is 5. The number of aryl methyl sites for hydroxylation is 1. The molecule has 0 unspecified atom stereocenters. The molecule has 2 heterocycles. The van der Waals surface area contributed by atoms with Gasteiger partial charge in [-0.2, -0.15) is 5.10 Å². The summed E-state index contributed by atoms with van der Waals surface area (Å²) in [6, 6.07) is 9.21. The molecule has 2 aliphatic carbocycles. The van der Waals surface area contributed by atoms with Gasteiger partial charge < -0.3 is 11.1 Å². The van der Waals surface area contributed by atoms with Gasteiger partial charge in [-0.25, -0.2) is 9.97 Å². The van der Waals surface area contributed by atoms with E-state index < -0.39 is 0 Å². The average molecular weight is 377 g/mol. The summed E-state index contributed by atoms with van der Waals surface area (Å²) >= 11 is 0. The highest BCUT2D eigenvalue weighted by molar-refractivity contribution is 5.86. The van der Waals surface area contributed by atoms with Crippen LogP contribution in [0.3, 0.4) is 0 Å². The van der Waals surface area contributed by atoms with E-state index in [0.717, 1.165) is 35.6 Å².